The highest BCUT2D eigenvalue weighted by atomic mass is 16.8. The lowest BCUT2D eigenvalue weighted by atomic mass is 9.82. The number of rotatable bonds is 8. The number of hydrogen-bond donors (Lipinski definition) is 1. The topological polar surface area (TPSA) is 57.2 Å². The van der Waals surface area contributed by atoms with Crippen LogP contribution in [0.1, 0.15) is 17.5 Å². The summed E-state index contributed by atoms with van der Waals surface area (Å²) in [5, 5.41) is 11.5. The van der Waals surface area contributed by atoms with Gasteiger partial charge >= 0.3 is 0 Å². The van der Waals surface area contributed by atoms with Gasteiger partial charge in [0.2, 0.25) is 0 Å². The van der Waals surface area contributed by atoms with Crippen LogP contribution in [-0.2, 0) is 32.2 Å². The van der Waals surface area contributed by atoms with Gasteiger partial charge in [0.05, 0.1) is 19.8 Å². The molecule has 2 heterocycles. The molecule has 0 radical (unpaired) electrons. The lowest BCUT2D eigenvalue weighted by molar-refractivity contribution is -0.291. The van der Waals surface area contributed by atoms with Crippen molar-refractivity contribution >= 4 is 0 Å². The van der Waals surface area contributed by atoms with Gasteiger partial charge in [0, 0.05) is 0 Å². The smallest absolute Gasteiger partial charge is 0.187 e. The first-order valence-electron chi connectivity index (χ1n) is 9.62. The lowest BCUT2D eigenvalue weighted by Gasteiger charge is -2.46. The zero-order valence-electron chi connectivity index (χ0n) is 15.8. The van der Waals surface area contributed by atoms with Crippen molar-refractivity contribution in [2.75, 3.05) is 6.61 Å². The normalized spacial score (nSPS) is 31.6. The third kappa shape index (κ3) is 3.90. The van der Waals surface area contributed by atoms with Gasteiger partial charge in [-0.15, -0.1) is 6.58 Å². The predicted molar refractivity (Wildman–Crippen MR) is 104 cm³/mol. The summed E-state index contributed by atoms with van der Waals surface area (Å²) in [5.74, 6) is 0. The first kappa shape index (κ1) is 19.3. The average Bonchev–Trinajstić information content (AvgIpc) is 3.19. The summed E-state index contributed by atoms with van der Waals surface area (Å²) >= 11 is 0. The van der Waals surface area contributed by atoms with Crippen molar-refractivity contribution in [2.45, 2.75) is 49.8 Å². The van der Waals surface area contributed by atoms with Crippen LogP contribution in [0.2, 0.25) is 0 Å². The Kier molecular flexibility index (Phi) is 5.90. The largest absolute Gasteiger partial charge is 0.384 e. The number of aliphatic hydroxyl groups is 1. The van der Waals surface area contributed by atoms with Crippen molar-refractivity contribution in [1.82, 2.24) is 0 Å². The Morgan fingerprint density at radius 2 is 1.61 bits per heavy atom. The van der Waals surface area contributed by atoms with Crippen LogP contribution in [0.15, 0.2) is 73.3 Å². The van der Waals surface area contributed by atoms with Crippen LogP contribution in [-0.4, -0.2) is 41.9 Å². The van der Waals surface area contributed by atoms with Gasteiger partial charge < -0.3 is 24.1 Å². The second kappa shape index (κ2) is 8.55. The highest BCUT2D eigenvalue weighted by molar-refractivity contribution is 5.16. The SMILES string of the molecule is C=CC[C@@]1(O)[C@H](OCc2ccccc2)[C@@H](OCc2ccccc2)[C@@H]2OC[C@H]1O2. The van der Waals surface area contributed by atoms with E-state index in [-0.39, 0.29) is 0 Å². The molecule has 2 bridgehead atoms. The molecule has 4 rings (SSSR count). The molecule has 0 unspecified atom stereocenters. The van der Waals surface area contributed by atoms with E-state index in [1.165, 1.54) is 0 Å². The molecule has 0 saturated carbocycles. The molecule has 1 N–H and O–H groups in total. The second-order valence-corrected chi connectivity index (χ2v) is 7.29. The number of hydrogen-bond acceptors (Lipinski definition) is 5. The molecule has 0 amide bonds. The van der Waals surface area contributed by atoms with Crippen LogP contribution in [0.5, 0.6) is 0 Å². The summed E-state index contributed by atoms with van der Waals surface area (Å²) in [4.78, 5) is 0. The molecule has 5 atom stereocenters. The minimum absolute atomic E-state index is 0.311. The Balaban J connectivity index is 1.55. The van der Waals surface area contributed by atoms with Crippen molar-refractivity contribution in [3.8, 4) is 0 Å². The van der Waals surface area contributed by atoms with Gasteiger partial charge in [-0.1, -0.05) is 66.7 Å². The summed E-state index contributed by atoms with van der Waals surface area (Å²) in [6, 6.07) is 19.8. The molecular formula is C23H26O5. The van der Waals surface area contributed by atoms with E-state index in [1.54, 1.807) is 6.08 Å². The first-order chi connectivity index (χ1) is 13.7. The van der Waals surface area contributed by atoms with Gasteiger partial charge in [0.25, 0.3) is 0 Å². The molecule has 0 aromatic heterocycles. The molecule has 0 aliphatic carbocycles. The van der Waals surface area contributed by atoms with Crippen LogP contribution >= 0.6 is 0 Å². The van der Waals surface area contributed by atoms with E-state index in [9.17, 15) is 5.11 Å². The second-order valence-electron chi connectivity index (χ2n) is 7.29. The molecule has 0 spiro atoms. The Hall–Kier alpha value is -2.02. The summed E-state index contributed by atoms with van der Waals surface area (Å²) in [5.41, 5.74) is 0.812. The van der Waals surface area contributed by atoms with Gasteiger partial charge in [0.15, 0.2) is 6.29 Å². The quantitative estimate of drug-likeness (QED) is 0.711. The van der Waals surface area contributed by atoms with E-state index in [4.69, 9.17) is 18.9 Å². The van der Waals surface area contributed by atoms with Crippen LogP contribution in [0.25, 0.3) is 0 Å². The molecule has 2 aromatic carbocycles. The maximum atomic E-state index is 11.5. The van der Waals surface area contributed by atoms with E-state index >= 15 is 0 Å². The fraction of sp³-hybridized carbons (Fsp3) is 0.391. The molecule has 2 aliphatic heterocycles. The maximum Gasteiger partial charge on any atom is 0.187 e. The minimum Gasteiger partial charge on any atom is -0.384 e. The average molecular weight is 382 g/mol. The molecule has 2 aromatic rings. The fourth-order valence-electron chi connectivity index (χ4n) is 3.88. The third-order valence-electron chi connectivity index (χ3n) is 5.36. The highest BCUT2D eigenvalue weighted by Gasteiger charge is 2.60. The van der Waals surface area contributed by atoms with Crippen LogP contribution in [0.4, 0.5) is 0 Å². The molecule has 28 heavy (non-hydrogen) atoms. The zero-order valence-corrected chi connectivity index (χ0v) is 15.8. The highest BCUT2D eigenvalue weighted by Crippen LogP contribution is 2.41. The van der Waals surface area contributed by atoms with Gasteiger partial charge in [-0.05, 0) is 17.5 Å². The van der Waals surface area contributed by atoms with Gasteiger partial charge in [-0.3, -0.25) is 0 Å². The molecular weight excluding hydrogens is 356 g/mol. The Morgan fingerprint density at radius 1 is 1.00 bits per heavy atom. The van der Waals surface area contributed by atoms with Gasteiger partial charge in [-0.25, -0.2) is 0 Å². The molecule has 5 heteroatoms. The Morgan fingerprint density at radius 3 is 2.21 bits per heavy atom. The van der Waals surface area contributed by atoms with E-state index < -0.39 is 30.2 Å². The monoisotopic (exact) mass is 382 g/mol. The van der Waals surface area contributed by atoms with Crippen LogP contribution in [0.3, 0.4) is 0 Å². The fourth-order valence-corrected chi connectivity index (χ4v) is 3.88. The van der Waals surface area contributed by atoms with Crippen molar-refractivity contribution in [2.24, 2.45) is 0 Å². The first-order valence-corrected chi connectivity index (χ1v) is 9.62. The van der Waals surface area contributed by atoms with E-state index in [1.807, 2.05) is 60.7 Å². The number of ether oxygens (including phenoxy) is 4. The van der Waals surface area contributed by atoms with Crippen LogP contribution < -0.4 is 0 Å². The molecule has 2 aliphatic rings. The maximum absolute atomic E-state index is 11.5. The van der Waals surface area contributed by atoms with Crippen molar-refractivity contribution < 1.29 is 24.1 Å². The summed E-state index contributed by atoms with van der Waals surface area (Å²) in [6.45, 7) is 4.87. The minimum atomic E-state index is -1.26. The number of fused-ring (bicyclic) bond motifs is 2. The van der Waals surface area contributed by atoms with Crippen molar-refractivity contribution in [3.63, 3.8) is 0 Å². The zero-order chi connectivity index (χ0) is 19.4. The summed E-state index contributed by atoms with van der Waals surface area (Å²) in [7, 11) is 0. The third-order valence-corrected chi connectivity index (χ3v) is 5.36. The van der Waals surface area contributed by atoms with Gasteiger partial charge in [-0.2, -0.15) is 0 Å². The summed E-state index contributed by atoms with van der Waals surface area (Å²) < 4.78 is 24.1. The van der Waals surface area contributed by atoms with Crippen molar-refractivity contribution in [1.29, 1.82) is 0 Å². The Bertz CT molecular complexity index is 765. The molecule has 2 fully saturated rings. The predicted octanol–water partition coefficient (Wildman–Crippen LogP) is 3.22. The lowest BCUT2D eigenvalue weighted by Crippen LogP contribution is -2.64. The Labute approximate surface area is 165 Å². The van der Waals surface area contributed by atoms with Gasteiger partial charge in [0.1, 0.15) is 23.9 Å². The number of benzene rings is 2. The molecule has 2 saturated heterocycles. The molecule has 5 nitrogen and oxygen atoms in total. The standard InChI is InChI=1S/C23H26O5/c1-2-13-23(24)19-16-27-22(28-19)20(25-14-17-9-5-3-6-10-17)21(23)26-15-18-11-7-4-8-12-18/h2-12,19-22,24H,1,13-16H2/t19-,20-,21-,22-,23+/m1/s1. The van der Waals surface area contributed by atoms with E-state index in [0.29, 0.717) is 26.2 Å². The summed E-state index contributed by atoms with van der Waals surface area (Å²) in [6.07, 6.45) is -0.145. The van der Waals surface area contributed by atoms with E-state index in [2.05, 4.69) is 6.58 Å². The van der Waals surface area contributed by atoms with Crippen LogP contribution in [0, 0.1) is 0 Å². The molecule has 148 valence electrons. The van der Waals surface area contributed by atoms with E-state index in [0.717, 1.165) is 11.1 Å². The van der Waals surface area contributed by atoms with Crippen molar-refractivity contribution in [3.05, 3.63) is 84.4 Å².